The Morgan fingerprint density at radius 1 is 1.16 bits per heavy atom. The molecule has 1 saturated carbocycles. The molecule has 1 N–H and O–H groups in total. The third kappa shape index (κ3) is 5.18. The number of thioether (sulfide) groups is 1. The van der Waals surface area contributed by atoms with Gasteiger partial charge in [0.05, 0.1) is 25.0 Å². The van der Waals surface area contributed by atoms with Crippen LogP contribution in [0, 0.1) is 11.8 Å². The highest BCUT2D eigenvalue weighted by molar-refractivity contribution is 7.98. The summed E-state index contributed by atoms with van der Waals surface area (Å²) < 4.78 is 5.41. The van der Waals surface area contributed by atoms with Gasteiger partial charge in [-0.05, 0) is 49.0 Å². The number of imide groups is 1. The zero-order valence-electron chi connectivity index (χ0n) is 18.8. The molecule has 2 heterocycles. The summed E-state index contributed by atoms with van der Waals surface area (Å²) in [5.41, 5.74) is 1.82. The van der Waals surface area contributed by atoms with Crippen molar-refractivity contribution in [1.29, 1.82) is 0 Å². The van der Waals surface area contributed by atoms with Crippen LogP contribution >= 0.6 is 11.8 Å². The Balaban J connectivity index is 1.47. The summed E-state index contributed by atoms with van der Waals surface area (Å²) in [6.45, 7) is 4.08. The van der Waals surface area contributed by atoms with E-state index in [1.807, 2.05) is 24.5 Å². The number of hydrogen-bond acceptors (Lipinski definition) is 6. The topological polar surface area (TPSA) is 79.0 Å². The van der Waals surface area contributed by atoms with E-state index in [4.69, 9.17) is 4.74 Å². The number of ether oxygens (including phenoxy) is 1. The second-order valence-corrected chi connectivity index (χ2v) is 9.90. The first-order valence-electron chi connectivity index (χ1n) is 11.6. The van der Waals surface area contributed by atoms with Crippen LogP contribution in [0.25, 0.3) is 0 Å². The van der Waals surface area contributed by atoms with Gasteiger partial charge < -0.3 is 10.1 Å². The Labute approximate surface area is 194 Å². The van der Waals surface area contributed by atoms with Crippen LogP contribution in [0.3, 0.4) is 0 Å². The van der Waals surface area contributed by atoms with Gasteiger partial charge >= 0.3 is 0 Å². The lowest BCUT2D eigenvalue weighted by molar-refractivity contribution is -0.146. The highest BCUT2D eigenvalue weighted by Gasteiger charge is 2.51. The van der Waals surface area contributed by atoms with Crippen molar-refractivity contribution in [2.75, 3.05) is 43.6 Å². The average molecular weight is 460 g/mol. The van der Waals surface area contributed by atoms with Gasteiger partial charge in [-0.15, -0.1) is 0 Å². The fourth-order valence-corrected chi connectivity index (χ4v) is 5.55. The van der Waals surface area contributed by atoms with E-state index in [9.17, 15) is 14.4 Å². The number of morpholine rings is 1. The maximum atomic E-state index is 13.3. The van der Waals surface area contributed by atoms with Crippen molar-refractivity contribution in [3.8, 4) is 0 Å². The maximum Gasteiger partial charge on any atom is 0.247 e. The van der Waals surface area contributed by atoms with Gasteiger partial charge in [0.25, 0.3) is 0 Å². The molecule has 32 heavy (non-hydrogen) atoms. The van der Waals surface area contributed by atoms with E-state index < -0.39 is 6.04 Å². The number of carbonyl (C=O) groups is 3. The number of anilines is 1. The number of amides is 3. The van der Waals surface area contributed by atoms with Gasteiger partial charge in [-0.1, -0.05) is 25.0 Å². The lowest BCUT2D eigenvalue weighted by Crippen LogP contribution is -2.48. The number of carbonyl (C=O) groups excluding carboxylic acids is 3. The minimum atomic E-state index is -0.754. The van der Waals surface area contributed by atoms with Gasteiger partial charge in [0.15, 0.2) is 0 Å². The first-order chi connectivity index (χ1) is 15.6. The Morgan fingerprint density at radius 2 is 1.84 bits per heavy atom. The second kappa shape index (κ2) is 10.8. The van der Waals surface area contributed by atoms with Gasteiger partial charge in [-0.3, -0.25) is 24.2 Å². The molecule has 0 bridgehead atoms. The van der Waals surface area contributed by atoms with Crippen molar-refractivity contribution in [2.24, 2.45) is 11.8 Å². The summed E-state index contributed by atoms with van der Waals surface area (Å²) in [7, 11) is 0. The molecule has 0 aromatic heterocycles. The molecule has 0 spiro atoms. The second-order valence-electron chi connectivity index (χ2n) is 8.92. The molecular formula is C24H33N3O4S. The average Bonchev–Trinajstić information content (AvgIpc) is 3.06. The Hall–Kier alpha value is -1.90. The van der Waals surface area contributed by atoms with Crippen LogP contribution in [0.15, 0.2) is 24.3 Å². The SMILES string of the molecule is CSCCC(C(=O)Nc1cccc(CN2CCOCC2)c1)N1C(=O)C2CCCCC2C1=O. The molecule has 8 heteroatoms. The van der Waals surface area contributed by atoms with Crippen LogP contribution in [-0.4, -0.2) is 71.9 Å². The predicted octanol–water partition coefficient (Wildman–Crippen LogP) is 2.75. The fraction of sp³-hybridized carbons (Fsp3) is 0.625. The Kier molecular flexibility index (Phi) is 7.86. The molecule has 3 amide bonds. The van der Waals surface area contributed by atoms with Gasteiger partial charge in [-0.2, -0.15) is 11.8 Å². The third-order valence-electron chi connectivity index (χ3n) is 6.79. The van der Waals surface area contributed by atoms with Crippen molar-refractivity contribution in [1.82, 2.24) is 9.80 Å². The number of rotatable bonds is 8. The molecule has 3 fully saturated rings. The maximum absolute atomic E-state index is 13.3. The monoisotopic (exact) mass is 459 g/mol. The van der Waals surface area contributed by atoms with Crippen molar-refractivity contribution in [2.45, 2.75) is 44.7 Å². The fourth-order valence-electron chi connectivity index (χ4n) is 5.09. The molecule has 7 nitrogen and oxygen atoms in total. The van der Waals surface area contributed by atoms with Gasteiger partial charge in [0, 0.05) is 25.3 Å². The zero-order valence-corrected chi connectivity index (χ0v) is 19.6. The van der Waals surface area contributed by atoms with E-state index >= 15 is 0 Å². The number of benzene rings is 1. The largest absolute Gasteiger partial charge is 0.379 e. The minimum Gasteiger partial charge on any atom is -0.379 e. The normalized spacial score (nSPS) is 25.0. The molecule has 3 aliphatic rings. The third-order valence-corrected chi connectivity index (χ3v) is 7.43. The van der Waals surface area contributed by atoms with E-state index in [1.165, 1.54) is 4.90 Å². The van der Waals surface area contributed by atoms with E-state index in [-0.39, 0.29) is 29.6 Å². The van der Waals surface area contributed by atoms with Crippen molar-refractivity contribution in [3.63, 3.8) is 0 Å². The van der Waals surface area contributed by atoms with Crippen LogP contribution in [0.5, 0.6) is 0 Å². The number of nitrogens with one attached hydrogen (secondary N) is 1. The quantitative estimate of drug-likeness (QED) is 0.603. The highest BCUT2D eigenvalue weighted by Crippen LogP contribution is 2.39. The molecule has 174 valence electrons. The molecule has 0 radical (unpaired) electrons. The Bertz CT molecular complexity index is 818. The molecule has 3 atom stereocenters. The van der Waals surface area contributed by atoms with Crippen LogP contribution in [0.2, 0.25) is 0 Å². The molecule has 1 aliphatic carbocycles. The Morgan fingerprint density at radius 3 is 2.50 bits per heavy atom. The summed E-state index contributed by atoms with van der Waals surface area (Å²) in [5, 5.41) is 2.99. The molecule has 1 aromatic rings. The van der Waals surface area contributed by atoms with Gasteiger partial charge in [-0.25, -0.2) is 0 Å². The lowest BCUT2D eigenvalue weighted by atomic mass is 9.81. The van der Waals surface area contributed by atoms with Crippen LogP contribution in [0.1, 0.15) is 37.7 Å². The van der Waals surface area contributed by atoms with Gasteiger partial charge in [0.1, 0.15) is 6.04 Å². The predicted molar refractivity (Wildman–Crippen MR) is 125 cm³/mol. The van der Waals surface area contributed by atoms with E-state index in [1.54, 1.807) is 11.8 Å². The summed E-state index contributed by atoms with van der Waals surface area (Å²) in [4.78, 5) is 43.1. The van der Waals surface area contributed by atoms with E-state index in [0.29, 0.717) is 17.9 Å². The van der Waals surface area contributed by atoms with Crippen molar-refractivity contribution in [3.05, 3.63) is 29.8 Å². The highest BCUT2D eigenvalue weighted by atomic mass is 32.2. The van der Waals surface area contributed by atoms with Crippen LogP contribution < -0.4 is 5.32 Å². The first-order valence-corrected chi connectivity index (χ1v) is 13.0. The van der Waals surface area contributed by atoms with Crippen LogP contribution in [0.4, 0.5) is 5.69 Å². The molecule has 3 unspecified atom stereocenters. The summed E-state index contributed by atoms with van der Waals surface area (Å²) in [6, 6.07) is 7.07. The lowest BCUT2D eigenvalue weighted by Gasteiger charge is -2.27. The summed E-state index contributed by atoms with van der Waals surface area (Å²) >= 11 is 1.62. The minimum absolute atomic E-state index is 0.151. The van der Waals surface area contributed by atoms with Crippen molar-refractivity contribution < 1.29 is 19.1 Å². The molecule has 1 aromatic carbocycles. The van der Waals surface area contributed by atoms with E-state index in [2.05, 4.69) is 16.3 Å². The van der Waals surface area contributed by atoms with Gasteiger partial charge in [0.2, 0.25) is 17.7 Å². The number of fused-ring (bicyclic) bond motifs is 1. The molecular weight excluding hydrogens is 426 g/mol. The number of likely N-dealkylation sites (tertiary alicyclic amines) is 1. The smallest absolute Gasteiger partial charge is 0.247 e. The molecule has 2 aliphatic heterocycles. The standard InChI is InChI=1S/C24H33N3O4S/c1-32-14-9-21(27-23(29)19-7-2-3-8-20(19)24(27)30)22(28)25-18-6-4-5-17(15-18)16-26-10-12-31-13-11-26/h4-6,15,19-21H,2-3,7-14,16H2,1H3,(H,25,28). The zero-order chi connectivity index (χ0) is 22.5. The molecule has 4 rings (SSSR count). The van der Waals surface area contributed by atoms with E-state index in [0.717, 1.165) is 64.1 Å². The van der Waals surface area contributed by atoms with Crippen LogP contribution in [-0.2, 0) is 25.7 Å². The summed E-state index contributed by atoms with van der Waals surface area (Å²) in [6.07, 6.45) is 5.91. The summed E-state index contributed by atoms with van der Waals surface area (Å²) in [5.74, 6) is -0.344. The van der Waals surface area contributed by atoms with Crippen molar-refractivity contribution >= 4 is 35.2 Å². The number of hydrogen-bond donors (Lipinski definition) is 1. The first kappa shape index (κ1) is 23.3. The number of nitrogens with zero attached hydrogens (tertiary/aromatic N) is 2. The molecule has 2 saturated heterocycles.